The van der Waals surface area contributed by atoms with E-state index < -0.39 is 6.01 Å². The Kier molecular flexibility index (Phi) is 5.07. The summed E-state index contributed by atoms with van der Waals surface area (Å²) in [5.41, 5.74) is 0. The zero-order valence-electron chi connectivity index (χ0n) is 5.87. The molecular formula is C5H5N2NaOS. The normalized spacial score (nSPS) is 8.50. The number of nitrogens with zero attached hydrogens (tertiary/aromatic N) is 2. The summed E-state index contributed by atoms with van der Waals surface area (Å²) in [6, 6.07) is 1.29. The zero-order chi connectivity index (χ0) is 6.69. The van der Waals surface area contributed by atoms with Crippen LogP contribution in [0.4, 0.5) is 0 Å². The number of aromatic nitrogens is 2. The van der Waals surface area contributed by atoms with E-state index in [9.17, 15) is 5.11 Å². The van der Waals surface area contributed by atoms with Crippen molar-refractivity contribution in [3.05, 3.63) is 12.3 Å². The molecule has 0 aliphatic heterocycles. The maximum absolute atomic E-state index is 10.4. The van der Waals surface area contributed by atoms with Gasteiger partial charge in [-0.1, -0.05) is 0 Å². The van der Waals surface area contributed by atoms with Crippen LogP contribution in [0.1, 0.15) is 0 Å². The first kappa shape index (κ1) is 10.2. The zero-order valence-corrected chi connectivity index (χ0v) is 8.68. The standard InChI is InChI=1S/C5H6N2OS.Na/c1-9-4-2-3-6-5(8)7-4;/h2-3H,1H3,(H,6,7,8);/q;+1/p-1. The van der Waals surface area contributed by atoms with Gasteiger partial charge in [-0.3, -0.25) is 4.98 Å². The van der Waals surface area contributed by atoms with E-state index in [-0.39, 0.29) is 29.6 Å². The van der Waals surface area contributed by atoms with Crippen molar-refractivity contribution in [2.75, 3.05) is 6.26 Å². The molecule has 1 rings (SSSR count). The van der Waals surface area contributed by atoms with Gasteiger partial charge in [0.25, 0.3) is 0 Å². The Labute approximate surface area is 85.6 Å². The third-order valence-corrected chi connectivity index (χ3v) is 1.46. The van der Waals surface area contributed by atoms with Crippen LogP contribution >= 0.6 is 11.8 Å². The van der Waals surface area contributed by atoms with Gasteiger partial charge >= 0.3 is 29.6 Å². The fourth-order valence-corrected chi connectivity index (χ4v) is 0.805. The van der Waals surface area contributed by atoms with E-state index in [1.807, 2.05) is 6.26 Å². The summed E-state index contributed by atoms with van der Waals surface area (Å²) in [6.45, 7) is 0. The van der Waals surface area contributed by atoms with Crippen LogP contribution in [0.3, 0.4) is 0 Å². The molecule has 3 nitrogen and oxygen atoms in total. The maximum Gasteiger partial charge on any atom is 1.00 e. The van der Waals surface area contributed by atoms with E-state index >= 15 is 0 Å². The summed E-state index contributed by atoms with van der Waals surface area (Å²) in [5.74, 6) is 0. The van der Waals surface area contributed by atoms with E-state index in [0.29, 0.717) is 0 Å². The van der Waals surface area contributed by atoms with Gasteiger partial charge in [0.2, 0.25) is 0 Å². The molecule has 1 aromatic heterocycles. The van der Waals surface area contributed by atoms with Crippen molar-refractivity contribution in [2.24, 2.45) is 0 Å². The Balaban J connectivity index is 0.000000810. The molecular weight excluding hydrogens is 159 g/mol. The third-order valence-electron chi connectivity index (χ3n) is 0.817. The van der Waals surface area contributed by atoms with E-state index in [4.69, 9.17) is 0 Å². The molecule has 0 aromatic carbocycles. The first-order valence-electron chi connectivity index (χ1n) is 2.37. The van der Waals surface area contributed by atoms with E-state index in [1.54, 1.807) is 6.07 Å². The Hall–Kier alpha value is 0.230. The molecule has 10 heavy (non-hydrogen) atoms. The quantitative estimate of drug-likeness (QED) is 0.257. The first-order chi connectivity index (χ1) is 4.33. The topological polar surface area (TPSA) is 48.8 Å². The monoisotopic (exact) mass is 164 g/mol. The number of thioether (sulfide) groups is 1. The van der Waals surface area contributed by atoms with Crippen LogP contribution in [-0.2, 0) is 0 Å². The Morgan fingerprint density at radius 2 is 2.30 bits per heavy atom. The summed E-state index contributed by atoms with van der Waals surface area (Å²) in [5, 5.41) is 11.1. The van der Waals surface area contributed by atoms with Gasteiger partial charge in [0, 0.05) is 6.20 Å². The largest absolute Gasteiger partial charge is 1.00 e. The molecule has 0 atom stereocenters. The molecule has 0 spiro atoms. The molecule has 5 heteroatoms. The van der Waals surface area contributed by atoms with Crippen molar-refractivity contribution in [1.29, 1.82) is 0 Å². The summed E-state index contributed by atoms with van der Waals surface area (Å²) < 4.78 is 0. The average Bonchev–Trinajstić information content (AvgIpc) is 1.88. The van der Waals surface area contributed by atoms with E-state index in [2.05, 4.69) is 9.97 Å². The van der Waals surface area contributed by atoms with Gasteiger partial charge in [-0.25, -0.2) is 4.98 Å². The predicted octanol–water partition coefficient (Wildman–Crippen LogP) is -2.72. The van der Waals surface area contributed by atoms with Gasteiger partial charge in [0.05, 0.1) is 11.0 Å². The SMILES string of the molecule is CSc1ccnc([O-])n1.[Na+]. The van der Waals surface area contributed by atoms with Crippen molar-refractivity contribution < 1.29 is 34.7 Å². The molecule has 1 aromatic rings. The molecule has 0 bridgehead atoms. The van der Waals surface area contributed by atoms with Crippen LogP contribution in [0.2, 0.25) is 0 Å². The summed E-state index contributed by atoms with van der Waals surface area (Å²) >= 11 is 1.43. The number of rotatable bonds is 1. The predicted molar refractivity (Wildman–Crippen MR) is 33.3 cm³/mol. The minimum atomic E-state index is -0.415. The van der Waals surface area contributed by atoms with Gasteiger partial charge in [0.1, 0.15) is 0 Å². The molecule has 0 aliphatic rings. The molecule has 0 N–H and O–H groups in total. The van der Waals surface area contributed by atoms with Crippen molar-refractivity contribution in [1.82, 2.24) is 9.97 Å². The molecule has 0 radical (unpaired) electrons. The number of hydrogen-bond acceptors (Lipinski definition) is 4. The molecule has 0 fully saturated rings. The minimum absolute atomic E-state index is 0. The van der Waals surface area contributed by atoms with Crippen molar-refractivity contribution in [3.8, 4) is 6.01 Å². The number of hydrogen-bond donors (Lipinski definition) is 0. The van der Waals surface area contributed by atoms with Gasteiger partial charge < -0.3 is 5.11 Å². The third kappa shape index (κ3) is 2.88. The molecule has 0 unspecified atom stereocenters. The van der Waals surface area contributed by atoms with E-state index in [1.165, 1.54) is 18.0 Å². The van der Waals surface area contributed by atoms with Crippen LogP contribution in [0, 0.1) is 0 Å². The van der Waals surface area contributed by atoms with Crippen LogP contribution in [-0.4, -0.2) is 16.2 Å². The average molecular weight is 164 g/mol. The molecule has 1 heterocycles. The van der Waals surface area contributed by atoms with Crippen LogP contribution in [0.25, 0.3) is 0 Å². The molecule has 0 saturated carbocycles. The Morgan fingerprint density at radius 3 is 2.70 bits per heavy atom. The van der Waals surface area contributed by atoms with Crippen LogP contribution in [0.5, 0.6) is 6.01 Å². The molecule has 48 valence electrons. The van der Waals surface area contributed by atoms with E-state index in [0.717, 1.165) is 5.03 Å². The van der Waals surface area contributed by atoms with Crippen molar-refractivity contribution in [2.45, 2.75) is 5.03 Å². The summed E-state index contributed by atoms with van der Waals surface area (Å²) in [7, 11) is 0. The van der Waals surface area contributed by atoms with Crippen molar-refractivity contribution in [3.63, 3.8) is 0 Å². The maximum atomic E-state index is 10.4. The van der Waals surface area contributed by atoms with Crippen molar-refractivity contribution >= 4 is 11.8 Å². The second-order valence-electron chi connectivity index (χ2n) is 1.38. The molecule has 0 amide bonds. The molecule has 0 aliphatic carbocycles. The fourth-order valence-electron chi connectivity index (χ4n) is 0.439. The first-order valence-corrected chi connectivity index (χ1v) is 3.59. The Morgan fingerprint density at radius 1 is 1.60 bits per heavy atom. The van der Waals surface area contributed by atoms with Gasteiger partial charge in [-0.2, -0.15) is 0 Å². The van der Waals surface area contributed by atoms with Crippen LogP contribution in [0.15, 0.2) is 17.3 Å². The second-order valence-corrected chi connectivity index (χ2v) is 2.21. The van der Waals surface area contributed by atoms with Crippen LogP contribution < -0.4 is 34.7 Å². The molecule has 0 saturated heterocycles. The second kappa shape index (κ2) is 4.96. The minimum Gasteiger partial charge on any atom is -0.844 e. The summed E-state index contributed by atoms with van der Waals surface area (Å²) in [4.78, 5) is 7.00. The van der Waals surface area contributed by atoms with Gasteiger partial charge in [-0.15, -0.1) is 11.8 Å². The smallest absolute Gasteiger partial charge is 0.844 e. The van der Waals surface area contributed by atoms with Gasteiger partial charge in [0.15, 0.2) is 0 Å². The Bertz CT molecular complexity index is 209. The van der Waals surface area contributed by atoms with Gasteiger partial charge in [-0.05, 0) is 12.3 Å². The summed E-state index contributed by atoms with van der Waals surface area (Å²) in [6.07, 6.45) is 3.32. The fraction of sp³-hybridized carbons (Fsp3) is 0.200.